The van der Waals surface area contributed by atoms with Gasteiger partial charge in [-0.1, -0.05) is 22.4 Å². The summed E-state index contributed by atoms with van der Waals surface area (Å²) in [7, 11) is 0. The van der Waals surface area contributed by atoms with Crippen LogP contribution in [0.5, 0.6) is 0 Å². The lowest BCUT2D eigenvalue weighted by Crippen LogP contribution is -2.22. The van der Waals surface area contributed by atoms with Crippen LogP contribution in [0.2, 0.25) is 0 Å². The van der Waals surface area contributed by atoms with Crippen LogP contribution in [0.4, 0.5) is 0 Å². The number of alkyl halides is 1. The molecule has 1 rings (SSSR count). The molecule has 1 aliphatic rings. The summed E-state index contributed by atoms with van der Waals surface area (Å²) >= 11 is 3.10. The molecule has 3 heteroatoms. The summed E-state index contributed by atoms with van der Waals surface area (Å²) in [5.74, 6) is 0.467. The van der Waals surface area contributed by atoms with Crippen LogP contribution in [0.3, 0.4) is 0 Å². The lowest BCUT2D eigenvalue weighted by Gasteiger charge is -2.18. The van der Waals surface area contributed by atoms with E-state index in [0.29, 0.717) is 18.2 Å². The summed E-state index contributed by atoms with van der Waals surface area (Å²) < 4.78 is 0. The summed E-state index contributed by atoms with van der Waals surface area (Å²) in [6.45, 7) is 0. The molecule has 1 saturated carbocycles. The van der Waals surface area contributed by atoms with E-state index >= 15 is 0 Å². The van der Waals surface area contributed by atoms with Gasteiger partial charge in [0.25, 0.3) is 0 Å². The molecule has 0 aromatic heterocycles. The van der Waals surface area contributed by atoms with Crippen LogP contribution in [-0.2, 0) is 9.59 Å². The quantitative estimate of drug-likeness (QED) is 0.699. The minimum atomic E-state index is 0.0313. The highest BCUT2D eigenvalue weighted by Crippen LogP contribution is 2.23. The molecule has 0 aromatic rings. The van der Waals surface area contributed by atoms with E-state index in [2.05, 4.69) is 15.9 Å². The second kappa shape index (κ2) is 4.75. The standard InChI is InChI=1S/C9H13BrO2/c10-6-8(11)5-7-3-1-2-4-9(7)12/h7H,1-6H2. The number of hydrogen-bond donors (Lipinski definition) is 0. The molecule has 68 valence electrons. The zero-order valence-electron chi connectivity index (χ0n) is 7.01. The van der Waals surface area contributed by atoms with Crippen LogP contribution in [-0.4, -0.2) is 16.9 Å². The molecule has 12 heavy (non-hydrogen) atoms. The molecule has 1 atom stereocenters. The number of Topliss-reactive ketones (excluding diaryl/α,β-unsaturated/α-hetero) is 2. The number of ketones is 2. The summed E-state index contributed by atoms with van der Waals surface area (Å²) in [6.07, 6.45) is 4.16. The Labute approximate surface area is 80.8 Å². The summed E-state index contributed by atoms with van der Waals surface area (Å²) in [6, 6.07) is 0. The molecule has 0 bridgehead atoms. The van der Waals surface area contributed by atoms with Crippen molar-refractivity contribution in [3.05, 3.63) is 0 Å². The number of carbonyl (C=O) groups excluding carboxylic acids is 2. The zero-order chi connectivity index (χ0) is 8.97. The Hall–Kier alpha value is -0.180. The number of rotatable bonds is 3. The van der Waals surface area contributed by atoms with Gasteiger partial charge in [0.2, 0.25) is 0 Å². The van der Waals surface area contributed by atoms with Gasteiger partial charge in [0.05, 0.1) is 5.33 Å². The van der Waals surface area contributed by atoms with Crippen molar-refractivity contribution in [1.29, 1.82) is 0 Å². The van der Waals surface area contributed by atoms with Crippen molar-refractivity contribution in [3.8, 4) is 0 Å². The van der Waals surface area contributed by atoms with Gasteiger partial charge in [-0.25, -0.2) is 0 Å². The molecule has 0 aliphatic heterocycles. The van der Waals surface area contributed by atoms with E-state index in [-0.39, 0.29) is 17.5 Å². The van der Waals surface area contributed by atoms with Gasteiger partial charge in [-0.3, -0.25) is 9.59 Å². The monoisotopic (exact) mass is 232 g/mol. The topological polar surface area (TPSA) is 34.1 Å². The van der Waals surface area contributed by atoms with Crippen LogP contribution >= 0.6 is 15.9 Å². The number of halogens is 1. The SMILES string of the molecule is O=C(CBr)CC1CCCCC1=O. The highest BCUT2D eigenvalue weighted by Gasteiger charge is 2.23. The fourth-order valence-corrected chi connectivity index (χ4v) is 1.83. The van der Waals surface area contributed by atoms with E-state index in [1.165, 1.54) is 0 Å². The highest BCUT2D eigenvalue weighted by atomic mass is 79.9. The van der Waals surface area contributed by atoms with Crippen molar-refractivity contribution in [2.45, 2.75) is 32.1 Å². The smallest absolute Gasteiger partial charge is 0.144 e. The Bertz CT molecular complexity index is 189. The maximum atomic E-state index is 11.3. The molecule has 1 fully saturated rings. The molecular formula is C9H13BrO2. The molecular weight excluding hydrogens is 220 g/mol. The molecule has 0 spiro atoms. The van der Waals surface area contributed by atoms with Gasteiger partial charge < -0.3 is 0 Å². The van der Waals surface area contributed by atoms with Gasteiger partial charge >= 0.3 is 0 Å². The van der Waals surface area contributed by atoms with Crippen LogP contribution in [0.15, 0.2) is 0 Å². The van der Waals surface area contributed by atoms with Crippen molar-refractivity contribution >= 4 is 27.5 Å². The lowest BCUT2D eigenvalue weighted by molar-refractivity contribution is -0.128. The van der Waals surface area contributed by atoms with Gasteiger partial charge in [-0.2, -0.15) is 0 Å². The molecule has 2 nitrogen and oxygen atoms in total. The molecule has 1 unspecified atom stereocenters. The van der Waals surface area contributed by atoms with Crippen LogP contribution in [0.25, 0.3) is 0 Å². The Morgan fingerprint density at radius 3 is 2.83 bits per heavy atom. The molecule has 0 N–H and O–H groups in total. The number of carbonyl (C=O) groups is 2. The molecule has 1 aliphatic carbocycles. The third-order valence-electron chi connectivity index (χ3n) is 2.30. The maximum absolute atomic E-state index is 11.3. The summed E-state index contributed by atoms with van der Waals surface area (Å²) in [4.78, 5) is 22.3. The molecule has 0 radical (unpaired) electrons. The van der Waals surface area contributed by atoms with Crippen molar-refractivity contribution in [1.82, 2.24) is 0 Å². The first-order chi connectivity index (χ1) is 5.74. The molecule has 0 saturated heterocycles. The van der Waals surface area contributed by atoms with E-state index in [1.807, 2.05) is 0 Å². The average molecular weight is 233 g/mol. The fraction of sp³-hybridized carbons (Fsp3) is 0.778. The first-order valence-electron chi connectivity index (χ1n) is 4.34. The van der Waals surface area contributed by atoms with Crippen molar-refractivity contribution in [2.24, 2.45) is 5.92 Å². The second-order valence-electron chi connectivity index (χ2n) is 3.29. The van der Waals surface area contributed by atoms with E-state index < -0.39 is 0 Å². The molecule has 0 aromatic carbocycles. The van der Waals surface area contributed by atoms with Crippen molar-refractivity contribution in [2.75, 3.05) is 5.33 Å². The van der Waals surface area contributed by atoms with Gasteiger partial charge in [0.15, 0.2) is 0 Å². The van der Waals surface area contributed by atoms with Gasteiger partial charge in [0, 0.05) is 18.8 Å². The third kappa shape index (κ3) is 2.70. The van der Waals surface area contributed by atoms with Crippen LogP contribution in [0.1, 0.15) is 32.1 Å². The lowest BCUT2D eigenvalue weighted by atomic mass is 9.85. The Kier molecular flexibility index (Phi) is 3.92. The van der Waals surface area contributed by atoms with Gasteiger partial charge in [0.1, 0.15) is 11.6 Å². The van der Waals surface area contributed by atoms with E-state index in [1.54, 1.807) is 0 Å². The normalized spacial score (nSPS) is 24.1. The van der Waals surface area contributed by atoms with E-state index in [0.717, 1.165) is 19.3 Å². The Morgan fingerprint density at radius 1 is 1.50 bits per heavy atom. The van der Waals surface area contributed by atoms with E-state index in [4.69, 9.17) is 0 Å². The van der Waals surface area contributed by atoms with E-state index in [9.17, 15) is 9.59 Å². The third-order valence-corrected chi connectivity index (χ3v) is 2.93. The van der Waals surface area contributed by atoms with Crippen molar-refractivity contribution in [3.63, 3.8) is 0 Å². The van der Waals surface area contributed by atoms with Gasteiger partial charge in [-0.05, 0) is 12.8 Å². The van der Waals surface area contributed by atoms with Gasteiger partial charge in [-0.15, -0.1) is 0 Å². The minimum Gasteiger partial charge on any atom is -0.299 e. The Balaban J connectivity index is 2.39. The molecule has 0 amide bonds. The minimum absolute atomic E-state index is 0.0313. The predicted molar refractivity (Wildman–Crippen MR) is 50.4 cm³/mol. The predicted octanol–water partition coefficient (Wildman–Crippen LogP) is 2.10. The van der Waals surface area contributed by atoms with Crippen LogP contribution < -0.4 is 0 Å². The largest absolute Gasteiger partial charge is 0.299 e. The fourth-order valence-electron chi connectivity index (χ4n) is 1.60. The molecule has 0 heterocycles. The number of hydrogen-bond acceptors (Lipinski definition) is 2. The average Bonchev–Trinajstić information content (AvgIpc) is 2.09. The summed E-state index contributed by atoms with van der Waals surface area (Å²) in [5.41, 5.74) is 0. The zero-order valence-corrected chi connectivity index (χ0v) is 8.60. The van der Waals surface area contributed by atoms with Crippen molar-refractivity contribution < 1.29 is 9.59 Å². The second-order valence-corrected chi connectivity index (χ2v) is 3.85. The Morgan fingerprint density at radius 2 is 2.25 bits per heavy atom. The highest BCUT2D eigenvalue weighted by molar-refractivity contribution is 9.09. The maximum Gasteiger partial charge on any atom is 0.144 e. The first-order valence-corrected chi connectivity index (χ1v) is 5.46. The first kappa shape index (κ1) is 9.90. The summed E-state index contributed by atoms with van der Waals surface area (Å²) in [5, 5.41) is 0.386. The van der Waals surface area contributed by atoms with Crippen LogP contribution in [0, 0.1) is 5.92 Å².